The molecule has 1 aromatic heterocycles. The molecular weight excluding hydrogens is 334 g/mol. The number of aromatic hydroxyl groups is 1. The second-order valence-corrected chi connectivity index (χ2v) is 6.08. The van der Waals surface area contributed by atoms with Crippen LogP contribution in [-0.2, 0) is 11.2 Å². The van der Waals surface area contributed by atoms with Crippen LogP contribution in [0.2, 0.25) is 0 Å². The number of nitrogens with one attached hydrogen (secondary N) is 1. The van der Waals surface area contributed by atoms with Crippen molar-refractivity contribution in [1.82, 2.24) is 5.32 Å². The lowest BCUT2D eigenvalue weighted by atomic mass is 10.0. The average molecular weight is 353 g/mol. The van der Waals surface area contributed by atoms with E-state index in [1.807, 2.05) is 18.2 Å². The smallest absolute Gasteiger partial charge is 0.340 e. The molecule has 0 unspecified atom stereocenters. The molecule has 3 N–H and O–H groups in total. The summed E-state index contributed by atoms with van der Waals surface area (Å²) in [5, 5.41) is 22.9. The molecule has 0 aliphatic rings. The first-order valence-corrected chi connectivity index (χ1v) is 8.20. The van der Waals surface area contributed by atoms with E-state index >= 15 is 0 Å². The van der Waals surface area contributed by atoms with Crippen LogP contribution in [-0.4, -0.2) is 22.7 Å². The zero-order valence-corrected chi connectivity index (χ0v) is 14.2. The third-order valence-electron chi connectivity index (χ3n) is 4.29. The largest absolute Gasteiger partial charge is 0.508 e. The number of aryl methyl sites for hydroxylation is 1. The Balaban J connectivity index is 1.73. The fraction of sp³-hybridized carbons (Fsp3) is 0.200. The van der Waals surface area contributed by atoms with E-state index in [0.29, 0.717) is 16.5 Å². The number of amides is 1. The molecule has 0 bridgehead atoms. The number of benzene rings is 2. The van der Waals surface area contributed by atoms with Crippen LogP contribution in [0.25, 0.3) is 11.0 Å². The van der Waals surface area contributed by atoms with Crippen molar-refractivity contribution in [3.05, 3.63) is 75.6 Å². The number of phenols is 1. The Bertz CT molecular complexity index is 994. The van der Waals surface area contributed by atoms with Gasteiger partial charge in [-0.05, 0) is 30.2 Å². The minimum atomic E-state index is -0.822. The predicted molar refractivity (Wildman–Crippen MR) is 97.0 cm³/mol. The molecule has 3 rings (SSSR count). The van der Waals surface area contributed by atoms with Gasteiger partial charge in [-0.2, -0.15) is 0 Å². The fourth-order valence-electron chi connectivity index (χ4n) is 2.81. The molecule has 134 valence electrons. The highest BCUT2D eigenvalue weighted by Gasteiger charge is 2.16. The maximum absolute atomic E-state index is 12.2. The Morgan fingerprint density at radius 3 is 2.65 bits per heavy atom. The van der Waals surface area contributed by atoms with Gasteiger partial charge in [-0.3, -0.25) is 4.79 Å². The van der Waals surface area contributed by atoms with E-state index in [-0.39, 0.29) is 35.8 Å². The quantitative estimate of drug-likeness (QED) is 0.611. The Morgan fingerprint density at radius 1 is 1.19 bits per heavy atom. The zero-order chi connectivity index (χ0) is 18.7. The minimum Gasteiger partial charge on any atom is -0.508 e. The molecule has 0 fully saturated rings. The predicted octanol–water partition coefficient (Wildman–Crippen LogP) is 2.20. The number of aliphatic hydroxyl groups excluding tert-OH is 1. The highest BCUT2D eigenvalue weighted by molar-refractivity contribution is 5.85. The van der Waals surface area contributed by atoms with Gasteiger partial charge in [0.05, 0.1) is 18.1 Å². The van der Waals surface area contributed by atoms with Crippen LogP contribution in [0.3, 0.4) is 0 Å². The van der Waals surface area contributed by atoms with Crippen molar-refractivity contribution in [1.29, 1.82) is 0 Å². The molecule has 26 heavy (non-hydrogen) atoms. The molecule has 0 aliphatic carbocycles. The average Bonchev–Trinajstić information content (AvgIpc) is 2.63. The summed E-state index contributed by atoms with van der Waals surface area (Å²) >= 11 is 0. The highest BCUT2D eigenvalue weighted by Crippen LogP contribution is 2.23. The molecule has 3 aromatic rings. The lowest BCUT2D eigenvalue weighted by Gasteiger charge is -2.13. The summed E-state index contributed by atoms with van der Waals surface area (Å²) in [6.45, 7) is 1.78. The Labute approximate surface area is 149 Å². The molecule has 0 aliphatic heterocycles. The first-order chi connectivity index (χ1) is 12.5. The summed E-state index contributed by atoms with van der Waals surface area (Å²) in [5.74, 6) is -0.381. The molecule has 6 heteroatoms. The van der Waals surface area contributed by atoms with Crippen LogP contribution >= 0.6 is 0 Å². The van der Waals surface area contributed by atoms with Gasteiger partial charge in [-0.15, -0.1) is 0 Å². The summed E-state index contributed by atoms with van der Waals surface area (Å²) in [7, 11) is 0. The number of phenolic OH excluding ortho intramolecular Hbond substituents is 1. The highest BCUT2D eigenvalue weighted by atomic mass is 16.4. The number of carbonyl (C=O) groups is 1. The number of fused-ring (bicyclic) bond motifs is 1. The van der Waals surface area contributed by atoms with Crippen LogP contribution in [0.4, 0.5) is 0 Å². The fourth-order valence-corrected chi connectivity index (χ4v) is 2.81. The van der Waals surface area contributed by atoms with Crippen LogP contribution < -0.4 is 10.9 Å². The second-order valence-electron chi connectivity index (χ2n) is 6.08. The summed E-state index contributed by atoms with van der Waals surface area (Å²) in [5.41, 5.74) is 1.26. The normalized spacial score (nSPS) is 12.1. The van der Waals surface area contributed by atoms with E-state index in [2.05, 4.69) is 5.32 Å². The van der Waals surface area contributed by atoms with Gasteiger partial charge < -0.3 is 19.9 Å². The van der Waals surface area contributed by atoms with Gasteiger partial charge in [-0.1, -0.05) is 30.3 Å². The SMILES string of the molecule is Cc1c(CC(=O)NC[C@@H](O)c2ccccc2)c(=O)oc2cc(O)ccc12. The van der Waals surface area contributed by atoms with E-state index in [1.54, 1.807) is 25.1 Å². The first kappa shape index (κ1) is 17.7. The van der Waals surface area contributed by atoms with Gasteiger partial charge in [0, 0.05) is 18.0 Å². The summed E-state index contributed by atoms with van der Waals surface area (Å²) in [6, 6.07) is 13.5. The number of hydrogen-bond acceptors (Lipinski definition) is 5. The van der Waals surface area contributed by atoms with E-state index in [1.165, 1.54) is 12.1 Å². The Hall–Kier alpha value is -3.12. The lowest BCUT2D eigenvalue weighted by Crippen LogP contribution is -2.31. The standard InChI is InChI=1S/C20H19NO5/c1-12-15-8-7-14(22)9-18(15)26-20(25)16(12)10-19(24)21-11-17(23)13-5-3-2-4-6-13/h2-9,17,22-23H,10-11H2,1H3,(H,21,24)/t17-/m1/s1. The van der Waals surface area contributed by atoms with E-state index < -0.39 is 11.7 Å². The molecule has 1 atom stereocenters. The maximum atomic E-state index is 12.2. The van der Waals surface area contributed by atoms with Gasteiger partial charge in [-0.25, -0.2) is 4.79 Å². The van der Waals surface area contributed by atoms with E-state index in [0.717, 1.165) is 0 Å². The van der Waals surface area contributed by atoms with Crippen molar-refractivity contribution < 1.29 is 19.4 Å². The third kappa shape index (κ3) is 3.75. The van der Waals surface area contributed by atoms with E-state index in [4.69, 9.17) is 4.42 Å². The number of carbonyl (C=O) groups excluding carboxylic acids is 1. The molecular formula is C20H19NO5. The Kier molecular flexibility index (Phi) is 5.04. The number of aliphatic hydroxyl groups is 1. The molecule has 2 aromatic carbocycles. The van der Waals surface area contributed by atoms with Crippen LogP contribution in [0, 0.1) is 6.92 Å². The van der Waals surface area contributed by atoms with Crippen molar-refractivity contribution in [2.24, 2.45) is 0 Å². The van der Waals surface area contributed by atoms with Crippen molar-refractivity contribution in [2.45, 2.75) is 19.4 Å². The van der Waals surface area contributed by atoms with Crippen LogP contribution in [0.15, 0.2) is 57.7 Å². The van der Waals surface area contributed by atoms with Crippen molar-refractivity contribution >= 4 is 16.9 Å². The summed E-state index contributed by atoms with van der Waals surface area (Å²) < 4.78 is 5.21. The molecule has 0 radical (unpaired) electrons. The van der Waals surface area contributed by atoms with E-state index in [9.17, 15) is 19.8 Å². The molecule has 0 saturated carbocycles. The van der Waals surface area contributed by atoms with Crippen LogP contribution in [0.5, 0.6) is 5.75 Å². The van der Waals surface area contributed by atoms with Crippen molar-refractivity contribution in [3.63, 3.8) is 0 Å². The molecule has 1 heterocycles. The number of rotatable bonds is 5. The first-order valence-electron chi connectivity index (χ1n) is 8.20. The summed E-state index contributed by atoms with van der Waals surface area (Å²) in [6.07, 6.45) is -0.968. The topological polar surface area (TPSA) is 99.8 Å². The molecule has 6 nitrogen and oxygen atoms in total. The van der Waals surface area contributed by atoms with Crippen molar-refractivity contribution in [3.8, 4) is 5.75 Å². The van der Waals surface area contributed by atoms with Crippen LogP contribution in [0.1, 0.15) is 22.8 Å². The zero-order valence-electron chi connectivity index (χ0n) is 14.2. The van der Waals surface area contributed by atoms with Gasteiger partial charge in [0.2, 0.25) is 5.91 Å². The Morgan fingerprint density at radius 2 is 1.92 bits per heavy atom. The monoisotopic (exact) mass is 353 g/mol. The minimum absolute atomic E-state index is 0.000410. The maximum Gasteiger partial charge on any atom is 0.340 e. The van der Waals surface area contributed by atoms with Gasteiger partial charge in [0.15, 0.2) is 0 Å². The second kappa shape index (κ2) is 7.41. The lowest BCUT2D eigenvalue weighted by molar-refractivity contribution is -0.120. The summed E-state index contributed by atoms with van der Waals surface area (Å²) in [4.78, 5) is 24.4. The van der Waals surface area contributed by atoms with Gasteiger partial charge in [0.1, 0.15) is 11.3 Å². The third-order valence-corrected chi connectivity index (χ3v) is 4.29. The van der Waals surface area contributed by atoms with Gasteiger partial charge >= 0.3 is 5.63 Å². The number of hydrogen-bond donors (Lipinski definition) is 3. The molecule has 1 amide bonds. The van der Waals surface area contributed by atoms with Crippen molar-refractivity contribution in [2.75, 3.05) is 6.54 Å². The van der Waals surface area contributed by atoms with Gasteiger partial charge in [0.25, 0.3) is 0 Å². The molecule has 0 saturated heterocycles. The molecule has 0 spiro atoms.